The molecule has 1 saturated carbocycles. The summed E-state index contributed by atoms with van der Waals surface area (Å²) in [6, 6.07) is 0.464. The lowest BCUT2D eigenvalue weighted by molar-refractivity contribution is 0.586. The molecule has 1 atom stereocenters. The smallest absolute Gasteiger partial charge is 0.188 e. The summed E-state index contributed by atoms with van der Waals surface area (Å²) >= 11 is 0. The van der Waals surface area contributed by atoms with E-state index in [4.69, 9.17) is 5.73 Å². The van der Waals surface area contributed by atoms with E-state index in [0.29, 0.717) is 24.3 Å². The van der Waals surface area contributed by atoms with E-state index in [1.165, 1.54) is 12.8 Å². The van der Waals surface area contributed by atoms with E-state index in [1.54, 1.807) is 0 Å². The monoisotopic (exact) mass is 259 g/mol. The minimum absolute atomic E-state index is 0.156. The molecule has 2 aliphatic rings. The lowest BCUT2D eigenvalue weighted by Crippen LogP contribution is -2.38. The fraction of sp³-hybridized carbons (Fsp3) is 0.909. The fourth-order valence-corrected chi connectivity index (χ4v) is 4.42. The molecule has 0 amide bonds. The summed E-state index contributed by atoms with van der Waals surface area (Å²) in [5, 5.41) is 3.20. The predicted molar refractivity (Wildman–Crippen MR) is 68.6 cm³/mol. The molecular weight excluding hydrogens is 238 g/mol. The van der Waals surface area contributed by atoms with Crippen molar-refractivity contribution in [2.75, 3.05) is 18.1 Å². The molecule has 2 fully saturated rings. The van der Waals surface area contributed by atoms with Crippen LogP contribution in [0.15, 0.2) is 4.99 Å². The molecule has 1 aliphatic heterocycles. The molecular formula is C11H21N3O2S. The van der Waals surface area contributed by atoms with Crippen LogP contribution in [0.2, 0.25) is 0 Å². The van der Waals surface area contributed by atoms with E-state index in [9.17, 15) is 8.42 Å². The minimum Gasteiger partial charge on any atom is -0.370 e. The van der Waals surface area contributed by atoms with Gasteiger partial charge in [0, 0.05) is 12.6 Å². The van der Waals surface area contributed by atoms with Crippen LogP contribution in [0.3, 0.4) is 0 Å². The third-order valence-electron chi connectivity index (χ3n) is 3.55. The first-order valence-corrected chi connectivity index (χ1v) is 8.14. The Balaban J connectivity index is 1.76. The van der Waals surface area contributed by atoms with Crippen molar-refractivity contribution < 1.29 is 8.42 Å². The van der Waals surface area contributed by atoms with Crippen LogP contribution in [0, 0.1) is 5.92 Å². The molecule has 0 spiro atoms. The van der Waals surface area contributed by atoms with Crippen LogP contribution in [0.4, 0.5) is 0 Å². The molecule has 1 heterocycles. The first kappa shape index (κ1) is 12.7. The number of guanidine groups is 1. The summed E-state index contributed by atoms with van der Waals surface area (Å²) in [5.74, 6) is 1.21. The summed E-state index contributed by atoms with van der Waals surface area (Å²) in [6.07, 6.45) is 5.56. The Hall–Kier alpha value is -0.780. The summed E-state index contributed by atoms with van der Waals surface area (Å²) in [7, 11) is -2.80. The van der Waals surface area contributed by atoms with Crippen LogP contribution in [0.5, 0.6) is 0 Å². The van der Waals surface area contributed by atoms with Gasteiger partial charge < -0.3 is 11.1 Å². The zero-order valence-electron chi connectivity index (χ0n) is 10.1. The quantitative estimate of drug-likeness (QED) is 0.563. The highest BCUT2D eigenvalue weighted by Crippen LogP contribution is 2.19. The number of rotatable bonds is 3. The van der Waals surface area contributed by atoms with E-state index in [0.717, 1.165) is 19.3 Å². The summed E-state index contributed by atoms with van der Waals surface area (Å²) < 4.78 is 22.5. The maximum absolute atomic E-state index is 11.3. The standard InChI is InChI=1S/C11H21N3O2S/c12-11(14-10-3-1-2-4-10)13-7-9-5-6-17(15,16)8-9/h9-10H,1-8H2,(H3,12,13,14). The van der Waals surface area contributed by atoms with Gasteiger partial charge in [0.05, 0.1) is 11.5 Å². The number of aliphatic imine (C=N–C) groups is 1. The van der Waals surface area contributed by atoms with Gasteiger partial charge in [-0.05, 0) is 25.2 Å². The van der Waals surface area contributed by atoms with Crippen LogP contribution >= 0.6 is 0 Å². The van der Waals surface area contributed by atoms with E-state index < -0.39 is 9.84 Å². The van der Waals surface area contributed by atoms with Crippen molar-refractivity contribution in [3.63, 3.8) is 0 Å². The molecule has 1 saturated heterocycles. The van der Waals surface area contributed by atoms with E-state index >= 15 is 0 Å². The molecule has 0 radical (unpaired) electrons. The average Bonchev–Trinajstić information content (AvgIpc) is 2.85. The molecule has 0 aromatic carbocycles. The molecule has 6 heteroatoms. The van der Waals surface area contributed by atoms with Crippen LogP contribution in [-0.2, 0) is 9.84 Å². The second-order valence-electron chi connectivity index (χ2n) is 5.12. The van der Waals surface area contributed by atoms with E-state index in [1.807, 2.05) is 0 Å². The Morgan fingerprint density at radius 2 is 2.00 bits per heavy atom. The maximum Gasteiger partial charge on any atom is 0.188 e. The highest BCUT2D eigenvalue weighted by Gasteiger charge is 2.27. The Bertz CT molecular complexity index is 386. The lowest BCUT2D eigenvalue weighted by Gasteiger charge is -2.13. The van der Waals surface area contributed by atoms with Gasteiger partial charge in [-0.1, -0.05) is 12.8 Å². The minimum atomic E-state index is -2.80. The molecule has 0 bridgehead atoms. The van der Waals surface area contributed by atoms with Crippen LogP contribution in [0.1, 0.15) is 32.1 Å². The Morgan fingerprint density at radius 1 is 1.29 bits per heavy atom. The van der Waals surface area contributed by atoms with Crippen molar-refractivity contribution >= 4 is 15.8 Å². The second-order valence-corrected chi connectivity index (χ2v) is 7.35. The molecule has 0 aromatic rings. The number of nitrogens with zero attached hydrogens (tertiary/aromatic N) is 1. The maximum atomic E-state index is 11.3. The topological polar surface area (TPSA) is 84.5 Å². The van der Waals surface area contributed by atoms with Crippen LogP contribution in [-0.4, -0.2) is 38.5 Å². The van der Waals surface area contributed by atoms with Crippen LogP contribution < -0.4 is 11.1 Å². The number of hydrogen-bond donors (Lipinski definition) is 2. The van der Waals surface area contributed by atoms with Crippen molar-refractivity contribution in [3.8, 4) is 0 Å². The van der Waals surface area contributed by atoms with Crippen molar-refractivity contribution in [2.45, 2.75) is 38.1 Å². The normalized spacial score (nSPS) is 29.6. The van der Waals surface area contributed by atoms with E-state index in [2.05, 4.69) is 10.3 Å². The third kappa shape index (κ3) is 3.87. The zero-order valence-corrected chi connectivity index (χ0v) is 10.9. The van der Waals surface area contributed by atoms with Gasteiger partial charge in [-0.3, -0.25) is 4.99 Å². The highest BCUT2D eigenvalue weighted by molar-refractivity contribution is 7.91. The Labute approximate surface area is 103 Å². The Morgan fingerprint density at radius 3 is 2.59 bits per heavy atom. The molecule has 98 valence electrons. The lowest BCUT2D eigenvalue weighted by atomic mass is 10.1. The first-order chi connectivity index (χ1) is 8.05. The molecule has 17 heavy (non-hydrogen) atoms. The van der Waals surface area contributed by atoms with Gasteiger partial charge in [-0.25, -0.2) is 8.42 Å². The van der Waals surface area contributed by atoms with Crippen molar-refractivity contribution in [1.82, 2.24) is 5.32 Å². The molecule has 1 unspecified atom stereocenters. The van der Waals surface area contributed by atoms with E-state index in [-0.39, 0.29) is 11.7 Å². The summed E-state index contributed by atoms with van der Waals surface area (Å²) in [6.45, 7) is 0.533. The number of sulfone groups is 1. The van der Waals surface area contributed by atoms with Crippen molar-refractivity contribution in [1.29, 1.82) is 0 Å². The molecule has 5 nitrogen and oxygen atoms in total. The average molecular weight is 259 g/mol. The molecule has 3 N–H and O–H groups in total. The second kappa shape index (κ2) is 5.25. The number of nitrogens with one attached hydrogen (secondary N) is 1. The van der Waals surface area contributed by atoms with Gasteiger partial charge in [-0.2, -0.15) is 0 Å². The van der Waals surface area contributed by atoms with Gasteiger partial charge in [-0.15, -0.1) is 0 Å². The largest absolute Gasteiger partial charge is 0.370 e. The van der Waals surface area contributed by atoms with Crippen LogP contribution in [0.25, 0.3) is 0 Å². The predicted octanol–water partition coefficient (Wildman–Crippen LogP) is 0.268. The first-order valence-electron chi connectivity index (χ1n) is 6.32. The van der Waals surface area contributed by atoms with Gasteiger partial charge >= 0.3 is 0 Å². The number of hydrogen-bond acceptors (Lipinski definition) is 3. The SMILES string of the molecule is NC(=NCC1CCS(=O)(=O)C1)NC1CCCC1. The molecule has 0 aromatic heterocycles. The highest BCUT2D eigenvalue weighted by atomic mass is 32.2. The van der Waals surface area contributed by atoms with Crippen molar-refractivity contribution in [3.05, 3.63) is 0 Å². The summed E-state index contributed by atoms with van der Waals surface area (Å²) in [4.78, 5) is 4.25. The fourth-order valence-electron chi connectivity index (χ4n) is 2.57. The molecule has 1 aliphatic carbocycles. The summed E-state index contributed by atoms with van der Waals surface area (Å²) in [5.41, 5.74) is 5.79. The van der Waals surface area contributed by atoms with Gasteiger partial charge in [0.1, 0.15) is 0 Å². The third-order valence-corrected chi connectivity index (χ3v) is 5.39. The van der Waals surface area contributed by atoms with Gasteiger partial charge in [0.2, 0.25) is 0 Å². The zero-order chi connectivity index (χ0) is 12.3. The number of nitrogens with two attached hydrogens (primary N) is 1. The molecule has 2 rings (SSSR count). The Kier molecular flexibility index (Phi) is 3.91. The van der Waals surface area contributed by atoms with Crippen molar-refractivity contribution in [2.24, 2.45) is 16.6 Å². The van der Waals surface area contributed by atoms with Gasteiger partial charge in [0.25, 0.3) is 0 Å². The van der Waals surface area contributed by atoms with Gasteiger partial charge in [0.15, 0.2) is 15.8 Å².